The molecule has 0 radical (unpaired) electrons. The highest BCUT2D eigenvalue weighted by molar-refractivity contribution is 6.39. The molecule has 1 aromatic heterocycles. The molecule has 0 unspecified atom stereocenters. The van der Waals surface area contributed by atoms with Crippen molar-refractivity contribution in [2.75, 3.05) is 4.90 Å². The lowest BCUT2D eigenvalue weighted by atomic mass is 10.1. The van der Waals surface area contributed by atoms with Crippen LogP contribution in [-0.2, 0) is 4.79 Å². The number of hydrogen-bond acceptors (Lipinski definition) is 4. The van der Waals surface area contributed by atoms with Crippen LogP contribution in [0.5, 0.6) is 5.75 Å². The van der Waals surface area contributed by atoms with Crippen LogP contribution < -0.4 is 4.90 Å². The Balaban J connectivity index is 1.86. The molecule has 0 aliphatic carbocycles. The normalized spacial score (nSPS) is 15.6. The van der Waals surface area contributed by atoms with Gasteiger partial charge in [-0.3, -0.25) is 9.69 Å². The highest BCUT2D eigenvalue weighted by atomic mass is 35.5. The summed E-state index contributed by atoms with van der Waals surface area (Å²) in [5.74, 6) is 0.761. The van der Waals surface area contributed by atoms with E-state index in [9.17, 15) is 9.90 Å². The monoisotopic (exact) mass is 364 g/mol. The molecule has 4 rings (SSSR count). The molecule has 128 valence electrons. The first kappa shape index (κ1) is 16.2. The fourth-order valence-corrected chi connectivity index (χ4v) is 2.91. The number of carbonyl (C=O) groups is 1. The number of amides is 1. The second kappa shape index (κ2) is 6.54. The number of hydrogen-bond donors (Lipinski definition) is 1. The lowest BCUT2D eigenvalue weighted by Crippen LogP contribution is -2.32. The van der Waals surface area contributed by atoms with E-state index in [-0.39, 0.29) is 17.4 Å². The van der Waals surface area contributed by atoms with Crippen molar-refractivity contribution in [3.8, 4) is 5.75 Å². The Morgan fingerprint density at radius 3 is 2.50 bits per heavy atom. The molecule has 26 heavy (non-hydrogen) atoms. The number of furan rings is 1. The van der Waals surface area contributed by atoms with Crippen LogP contribution in [0, 0.1) is 0 Å². The quantitative estimate of drug-likeness (QED) is 0.697. The molecule has 0 spiro atoms. The lowest BCUT2D eigenvalue weighted by molar-refractivity contribution is -0.113. The van der Waals surface area contributed by atoms with E-state index in [1.165, 1.54) is 23.3 Å². The zero-order valence-corrected chi connectivity index (χ0v) is 14.2. The minimum absolute atomic E-state index is 0.114. The van der Waals surface area contributed by atoms with E-state index in [1.807, 2.05) is 12.1 Å². The molecular weight excluding hydrogens is 352 g/mol. The number of amidine groups is 1. The highest BCUT2D eigenvalue weighted by Crippen LogP contribution is 2.31. The summed E-state index contributed by atoms with van der Waals surface area (Å²) < 4.78 is 5.29. The van der Waals surface area contributed by atoms with E-state index >= 15 is 0 Å². The van der Waals surface area contributed by atoms with Crippen LogP contribution >= 0.6 is 11.6 Å². The summed E-state index contributed by atoms with van der Waals surface area (Å²) in [6.07, 6.45) is 3.11. The first-order chi connectivity index (χ1) is 12.6. The van der Waals surface area contributed by atoms with E-state index in [1.54, 1.807) is 42.5 Å². The van der Waals surface area contributed by atoms with Crippen LogP contribution in [0.2, 0.25) is 5.02 Å². The molecular formula is C20H13ClN2O3. The predicted octanol–water partition coefficient (Wildman–Crippen LogP) is 4.47. The lowest BCUT2D eigenvalue weighted by Gasteiger charge is -2.19. The second-order valence-electron chi connectivity index (χ2n) is 5.62. The van der Waals surface area contributed by atoms with Gasteiger partial charge in [-0.15, -0.1) is 0 Å². The number of aliphatic imine (C=N–C) groups is 1. The molecule has 2 aromatic carbocycles. The van der Waals surface area contributed by atoms with Crippen LogP contribution in [0.15, 0.2) is 82.0 Å². The Morgan fingerprint density at radius 1 is 1.04 bits per heavy atom. The highest BCUT2D eigenvalue weighted by Gasteiger charge is 2.33. The van der Waals surface area contributed by atoms with Gasteiger partial charge in [0.1, 0.15) is 23.0 Å². The van der Waals surface area contributed by atoms with Gasteiger partial charge in [-0.2, -0.15) is 0 Å². The molecule has 0 bridgehead atoms. The fourth-order valence-electron chi connectivity index (χ4n) is 2.69. The van der Waals surface area contributed by atoms with Gasteiger partial charge >= 0.3 is 0 Å². The molecule has 0 saturated heterocycles. The number of rotatable bonds is 3. The van der Waals surface area contributed by atoms with Crippen molar-refractivity contribution in [3.63, 3.8) is 0 Å². The molecule has 1 aliphatic rings. The standard InChI is InChI=1S/C20H13ClN2O3/c21-17-6-2-1-5-16(17)19-22-18(12-15-4-3-11-26-15)20(25)23(19)13-7-9-14(24)10-8-13/h1-12,24H/b18-12+. The number of benzene rings is 2. The van der Waals surface area contributed by atoms with Crippen LogP contribution in [-0.4, -0.2) is 16.8 Å². The third-order valence-corrected chi connectivity index (χ3v) is 4.23. The SMILES string of the molecule is O=C1/C(=C\c2ccco2)N=C(c2ccccc2Cl)N1c1ccc(O)cc1. The number of nitrogens with zero attached hydrogens (tertiary/aromatic N) is 2. The smallest absolute Gasteiger partial charge is 0.282 e. The van der Waals surface area contributed by atoms with E-state index in [4.69, 9.17) is 16.0 Å². The zero-order chi connectivity index (χ0) is 18.1. The summed E-state index contributed by atoms with van der Waals surface area (Å²) >= 11 is 6.32. The third kappa shape index (κ3) is 2.89. The Kier molecular flexibility index (Phi) is 4.07. The molecule has 1 aliphatic heterocycles. The van der Waals surface area contributed by atoms with Crippen LogP contribution in [0.3, 0.4) is 0 Å². The number of halogens is 1. The molecule has 6 heteroatoms. The number of phenols is 1. The third-order valence-electron chi connectivity index (χ3n) is 3.91. The topological polar surface area (TPSA) is 66.0 Å². The van der Waals surface area contributed by atoms with E-state index in [0.29, 0.717) is 27.9 Å². The summed E-state index contributed by atoms with van der Waals surface area (Å²) in [5, 5.41) is 10.0. The van der Waals surface area contributed by atoms with Gasteiger partial charge in [0.25, 0.3) is 5.91 Å². The summed E-state index contributed by atoms with van der Waals surface area (Å²) in [4.78, 5) is 19.0. The van der Waals surface area contributed by atoms with Gasteiger partial charge in [0.15, 0.2) is 0 Å². The van der Waals surface area contributed by atoms with E-state index < -0.39 is 0 Å². The summed E-state index contributed by atoms with van der Waals surface area (Å²) in [6, 6.07) is 17.0. The number of phenolic OH excluding ortho intramolecular Hbond substituents is 1. The summed E-state index contributed by atoms with van der Waals surface area (Å²) in [7, 11) is 0. The largest absolute Gasteiger partial charge is 0.508 e. The Bertz CT molecular complexity index is 1020. The molecule has 0 fully saturated rings. The van der Waals surface area contributed by atoms with Gasteiger partial charge in [-0.25, -0.2) is 4.99 Å². The predicted molar refractivity (Wildman–Crippen MR) is 100 cm³/mol. The van der Waals surface area contributed by atoms with Crippen LogP contribution in [0.1, 0.15) is 11.3 Å². The molecule has 3 aromatic rings. The summed E-state index contributed by atoms with van der Waals surface area (Å²) in [6.45, 7) is 0. The van der Waals surface area contributed by atoms with Gasteiger partial charge in [0, 0.05) is 11.6 Å². The molecule has 5 nitrogen and oxygen atoms in total. The van der Waals surface area contributed by atoms with Gasteiger partial charge in [-0.1, -0.05) is 23.7 Å². The maximum atomic E-state index is 13.0. The number of anilines is 1. The maximum absolute atomic E-state index is 13.0. The van der Waals surface area contributed by atoms with Crippen LogP contribution in [0.4, 0.5) is 5.69 Å². The van der Waals surface area contributed by atoms with Crippen molar-refractivity contribution in [1.29, 1.82) is 0 Å². The molecule has 0 saturated carbocycles. The maximum Gasteiger partial charge on any atom is 0.282 e. The van der Waals surface area contributed by atoms with E-state index in [0.717, 1.165) is 0 Å². The van der Waals surface area contributed by atoms with Gasteiger partial charge in [0.2, 0.25) is 0 Å². The van der Waals surface area contributed by atoms with Gasteiger partial charge in [0.05, 0.1) is 17.0 Å². The average molecular weight is 365 g/mol. The molecule has 2 heterocycles. The Hall–Kier alpha value is -3.31. The zero-order valence-electron chi connectivity index (χ0n) is 13.5. The minimum Gasteiger partial charge on any atom is -0.508 e. The second-order valence-corrected chi connectivity index (χ2v) is 6.02. The Morgan fingerprint density at radius 2 is 1.81 bits per heavy atom. The molecule has 1 N–H and O–H groups in total. The van der Waals surface area contributed by atoms with Gasteiger partial charge in [-0.05, 0) is 48.5 Å². The average Bonchev–Trinajstić information content (AvgIpc) is 3.26. The van der Waals surface area contributed by atoms with Crippen LogP contribution in [0.25, 0.3) is 6.08 Å². The molecule has 1 amide bonds. The first-order valence-electron chi connectivity index (χ1n) is 7.86. The van der Waals surface area contributed by atoms with Crippen molar-refractivity contribution >= 4 is 35.1 Å². The van der Waals surface area contributed by atoms with Crippen molar-refractivity contribution in [1.82, 2.24) is 0 Å². The van der Waals surface area contributed by atoms with Crippen molar-refractivity contribution < 1.29 is 14.3 Å². The summed E-state index contributed by atoms with van der Waals surface area (Å²) in [5.41, 5.74) is 1.45. The van der Waals surface area contributed by atoms with Crippen molar-refractivity contribution in [2.24, 2.45) is 4.99 Å². The fraction of sp³-hybridized carbons (Fsp3) is 0. The Labute approximate surface area is 154 Å². The van der Waals surface area contributed by atoms with E-state index in [2.05, 4.69) is 4.99 Å². The minimum atomic E-state index is -0.304. The first-order valence-corrected chi connectivity index (χ1v) is 8.23. The van der Waals surface area contributed by atoms with Gasteiger partial charge < -0.3 is 9.52 Å². The van der Waals surface area contributed by atoms with Crippen molar-refractivity contribution in [3.05, 3.63) is 89.0 Å². The van der Waals surface area contributed by atoms with Crippen molar-refractivity contribution in [2.45, 2.75) is 0 Å². The molecule has 0 atom stereocenters. The number of aromatic hydroxyl groups is 1. The number of carbonyl (C=O) groups excluding carboxylic acids is 1.